The number of carbonyl (C=O) groups is 2. The average molecular weight is 224 g/mol. The van der Waals surface area contributed by atoms with Gasteiger partial charge in [-0.1, -0.05) is 26.7 Å². The highest BCUT2D eigenvalue weighted by molar-refractivity contribution is 6.07. The topological polar surface area (TPSA) is 58.2 Å². The highest BCUT2D eigenvalue weighted by atomic mass is 16.2. The zero-order chi connectivity index (χ0) is 11.8. The number of hydrogen-bond acceptors (Lipinski definition) is 2. The van der Waals surface area contributed by atoms with E-state index >= 15 is 0 Å². The van der Waals surface area contributed by atoms with Gasteiger partial charge in [0, 0.05) is 0 Å². The Morgan fingerprint density at radius 2 is 1.94 bits per heavy atom. The molecule has 90 valence electrons. The molecule has 0 aromatic rings. The minimum atomic E-state index is -0.623. The molecule has 4 heteroatoms. The summed E-state index contributed by atoms with van der Waals surface area (Å²) in [5.74, 6) is 0.615. The van der Waals surface area contributed by atoms with E-state index in [1.54, 1.807) is 0 Å². The summed E-state index contributed by atoms with van der Waals surface area (Å²) in [7, 11) is 0. The first kappa shape index (κ1) is 11.4. The van der Waals surface area contributed by atoms with E-state index in [4.69, 9.17) is 0 Å². The zero-order valence-corrected chi connectivity index (χ0v) is 10.0. The van der Waals surface area contributed by atoms with Crippen LogP contribution in [-0.4, -0.2) is 17.5 Å². The fourth-order valence-corrected chi connectivity index (χ4v) is 3.17. The second kappa shape index (κ2) is 4.07. The van der Waals surface area contributed by atoms with Crippen LogP contribution in [0.2, 0.25) is 0 Å². The lowest BCUT2D eigenvalue weighted by molar-refractivity contribution is -0.126. The van der Waals surface area contributed by atoms with Gasteiger partial charge >= 0.3 is 6.03 Å². The Labute approximate surface area is 96.2 Å². The maximum absolute atomic E-state index is 12.0. The van der Waals surface area contributed by atoms with E-state index in [0.717, 1.165) is 19.3 Å². The van der Waals surface area contributed by atoms with Crippen molar-refractivity contribution in [2.45, 2.75) is 51.5 Å². The van der Waals surface area contributed by atoms with Crippen molar-refractivity contribution >= 4 is 11.9 Å². The molecule has 1 aliphatic heterocycles. The van der Waals surface area contributed by atoms with Gasteiger partial charge in [0.15, 0.2) is 0 Å². The van der Waals surface area contributed by atoms with Crippen molar-refractivity contribution in [2.24, 2.45) is 11.8 Å². The molecule has 0 aromatic carbocycles. The molecular formula is C12H20N2O2. The van der Waals surface area contributed by atoms with Crippen LogP contribution in [0, 0.1) is 11.8 Å². The van der Waals surface area contributed by atoms with Gasteiger partial charge in [-0.3, -0.25) is 10.1 Å². The molecule has 2 N–H and O–H groups in total. The minimum Gasteiger partial charge on any atom is -0.323 e. The van der Waals surface area contributed by atoms with Crippen LogP contribution in [0.15, 0.2) is 0 Å². The molecule has 2 fully saturated rings. The zero-order valence-electron chi connectivity index (χ0n) is 10.0. The number of imide groups is 1. The van der Waals surface area contributed by atoms with Gasteiger partial charge in [-0.25, -0.2) is 4.79 Å². The molecule has 1 saturated heterocycles. The molecule has 1 heterocycles. The summed E-state index contributed by atoms with van der Waals surface area (Å²) < 4.78 is 0. The van der Waals surface area contributed by atoms with E-state index in [9.17, 15) is 9.59 Å². The lowest BCUT2D eigenvalue weighted by Crippen LogP contribution is -2.53. The van der Waals surface area contributed by atoms with Crippen LogP contribution in [0.4, 0.5) is 4.79 Å². The van der Waals surface area contributed by atoms with Crippen LogP contribution in [-0.2, 0) is 4.79 Å². The van der Waals surface area contributed by atoms with Gasteiger partial charge in [0.25, 0.3) is 5.91 Å². The third-order valence-corrected chi connectivity index (χ3v) is 3.75. The molecule has 1 aliphatic carbocycles. The fourth-order valence-electron chi connectivity index (χ4n) is 3.17. The maximum atomic E-state index is 12.0. The SMILES string of the molecule is CC(C)C[C@@]1(C2CCCC2)NC(=O)NC1=O. The monoisotopic (exact) mass is 224 g/mol. The summed E-state index contributed by atoms with van der Waals surface area (Å²) in [6, 6.07) is -0.322. The van der Waals surface area contributed by atoms with Gasteiger partial charge in [0.1, 0.15) is 5.54 Å². The highest BCUT2D eigenvalue weighted by Crippen LogP contribution is 2.39. The normalized spacial score (nSPS) is 30.9. The average Bonchev–Trinajstić information content (AvgIpc) is 2.74. The molecule has 3 amide bonds. The van der Waals surface area contributed by atoms with Gasteiger partial charge < -0.3 is 5.32 Å². The number of amides is 3. The smallest absolute Gasteiger partial charge is 0.322 e. The third-order valence-electron chi connectivity index (χ3n) is 3.75. The van der Waals surface area contributed by atoms with Crippen LogP contribution in [0.3, 0.4) is 0 Å². The van der Waals surface area contributed by atoms with Gasteiger partial charge in [0.05, 0.1) is 0 Å². The first-order chi connectivity index (χ1) is 7.54. The Kier molecular flexibility index (Phi) is 2.91. The Morgan fingerprint density at radius 3 is 2.38 bits per heavy atom. The van der Waals surface area contributed by atoms with Crippen LogP contribution < -0.4 is 10.6 Å². The second-order valence-corrected chi connectivity index (χ2v) is 5.46. The summed E-state index contributed by atoms with van der Waals surface area (Å²) >= 11 is 0. The van der Waals surface area contributed by atoms with Crippen molar-refractivity contribution < 1.29 is 9.59 Å². The lowest BCUT2D eigenvalue weighted by atomic mass is 9.77. The molecule has 0 bridgehead atoms. The molecule has 0 unspecified atom stereocenters. The van der Waals surface area contributed by atoms with Crippen molar-refractivity contribution in [1.82, 2.24) is 10.6 Å². The second-order valence-electron chi connectivity index (χ2n) is 5.46. The van der Waals surface area contributed by atoms with E-state index in [1.165, 1.54) is 12.8 Å². The number of urea groups is 1. The quantitative estimate of drug-likeness (QED) is 0.718. The molecule has 4 nitrogen and oxygen atoms in total. The minimum absolute atomic E-state index is 0.113. The number of rotatable bonds is 3. The molecule has 0 aromatic heterocycles. The lowest BCUT2D eigenvalue weighted by Gasteiger charge is -2.33. The molecule has 1 atom stereocenters. The standard InChI is InChI=1S/C12H20N2O2/c1-8(2)7-12(9-5-3-4-6-9)10(15)13-11(16)14-12/h8-9H,3-7H2,1-2H3,(H2,13,14,15,16)/t12-/m0/s1. The van der Waals surface area contributed by atoms with Gasteiger partial charge in [-0.2, -0.15) is 0 Å². The largest absolute Gasteiger partial charge is 0.323 e. The van der Waals surface area contributed by atoms with Gasteiger partial charge in [-0.05, 0) is 31.1 Å². The predicted octanol–water partition coefficient (Wildman–Crippen LogP) is 1.80. The van der Waals surface area contributed by atoms with E-state index in [2.05, 4.69) is 24.5 Å². The Morgan fingerprint density at radius 1 is 1.31 bits per heavy atom. The summed E-state index contributed by atoms with van der Waals surface area (Å²) in [5, 5.41) is 5.29. The fraction of sp³-hybridized carbons (Fsp3) is 0.833. The van der Waals surface area contributed by atoms with Crippen molar-refractivity contribution in [3.8, 4) is 0 Å². The van der Waals surface area contributed by atoms with E-state index in [0.29, 0.717) is 11.8 Å². The Balaban J connectivity index is 2.24. The highest BCUT2D eigenvalue weighted by Gasteiger charge is 2.52. The van der Waals surface area contributed by atoms with Crippen LogP contribution in [0.25, 0.3) is 0 Å². The third kappa shape index (κ3) is 1.81. The van der Waals surface area contributed by atoms with E-state index < -0.39 is 5.54 Å². The molecule has 0 spiro atoms. The van der Waals surface area contributed by atoms with Crippen LogP contribution in [0.1, 0.15) is 46.0 Å². The van der Waals surface area contributed by atoms with E-state index in [1.807, 2.05) is 0 Å². The molecule has 2 rings (SSSR count). The summed E-state index contributed by atoms with van der Waals surface area (Å²) in [4.78, 5) is 23.4. The van der Waals surface area contributed by atoms with Crippen LogP contribution in [0.5, 0.6) is 0 Å². The van der Waals surface area contributed by atoms with Crippen molar-refractivity contribution in [1.29, 1.82) is 0 Å². The van der Waals surface area contributed by atoms with Crippen molar-refractivity contribution in [2.75, 3.05) is 0 Å². The number of carbonyl (C=O) groups excluding carboxylic acids is 2. The summed E-state index contributed by atoms with van der Waals surface area (Å²) in [6.07, 6.45) is 5.21. The molecule has 1 saturated carbocycles. The summed E-state index contributed by atoms with van der Waals surface area (Å²) in [5.41, 5.74) is -0.623. The first-order valence-corrected chi connectivity index (χ1v) is 6.18. The molecular weight excluding hydrogens is 204 g/mol. The van der Waals surface area contributed by atoms with Crippen LogP contribution >= 0.6 is 0 Å². The van der Waals surface area contributed by atoms with E-state index in [-0.39, 0.29) is 11.9 Å². The van der Waals surface area contributed by atoms with Gasteiger partial charge in [0.2, 0.25) is 0 Å². The molecule has 0 radical (unpaired) electrons. The van der Waals surface area contributed by atoms with Gasteiger partial charge in [-0.15, -0.1) is 0 Å². The first-order valence-electron chi connectivity index (χ1n) is 6.18. The maximum Gasteiger partial charge on any atom is 0.322 e. The van der Waals surface area contributed by atoms with Crippen molar-refractivity contribution in [3.05, 3.63) is 0 Å². The molecule has 2 aliphatic rings. The molecule has 16 heavy (non-hydrogen) atoms. The Hall–Kier alpha value is -1.06. The predicted molar refractivity (Wildman–Crippen MR) is 60.8 cm³/mol. The number of nitrogens with one attached hydrogen (secondary N) is 2. The summed E-state index contributed by atoms with van der Waals surface area (Å²) in [6.45, 7) is 4.18. The number of hydrogen-bond donors (Lipinski definition) is 2. The Bertz CT molecular complexity index is 308. The van der Waals surface area contributed by atoms with Crippen molar-refractivity contribution in [3.63, 3.8) is 0 Å².